The molecule has 0 aromatic heterocycles. The minimum Gasteiger partial charge on any atom is -0.548 e. The van der Waals surface area contributed by atoms with Crippen LogP contribution in [0.2, 0.25) is 0 Å². The van der Waals surface area contributed by atoms with Gasteiger partial charge in [-0.15, -0.1) is 0 Å². The summed E-state index contributed by atoms with van der Waals surface area (Å²) in [5, 5.41) is 21.1. The molecular formula is C21H42NNaO4. The third-order valence-corrected chi connectivity index (χ3v) is 4.70. The van der Waals surface area contributed by atoms with Crippen LogP contribution in [0.1, 0.15) is 97.3 Å². The topological polar surface area (TPSA) is 89.5 Å². The van der Waals surface area contributed by atoms with E-state index in [1.165, 1.54) is 64.2 Å². The van der Waals surface area contributed by atoms with Crippen molar-refractivity contribution < 1.29 is 49.4 Å². The molecule has 27 heavy (non-hydrogen) atoms. The summed E-state index contributed by atoms with van der Waals surface area (Å²) in [7, 11) is 1.00. The minimum absolute atomic E-state index is 0. The maximum absolute atomic E-state index is 11.0. The third kappa shape index (κ3) is 22.2. The molecule has 0 fully saturated rings. The van der Waals surface area contributed by atoms with Gasteiger partial charge in [0.15, 0.2) is 0 Å². The summed E-state index contributed by atoms with van der Waals surface area (Å²) in [5.41, 5.74) is 0. The van der Waals surface area contributed by atoms with E-state index in [9.17, 15) is 14.7 Å². The van der Waals surface area contributed by atoms with E-state index < -0.39 is 12.0 Å². The van der Waals surface area contributed by atoms with Crippen molar-refractivity contribution in [1.82, 2.24) is 5.32 Å². The Hall–Kier alpha value is 0.0600. The number of aldehydes is 1. The van der Waals surface area contributed by atoms with Crippen LogP contribution >= 0.6 is 0 Å². The van der Waals surface area contributed by atoms with Gasteiger partial charge in [0.05, 0.1) is 12.0 Å². The van der Waals surface area contributed by atoms with Crippen LogP contribution in [0, 0.1) is 5.92 Å². The van der Waals surface area contributed by atoms with Crippen molar-refractivity contribution in [3.8, 4) is 0 Å². The van der Waals surface area contributed by atoms with Gasteiger partial charge in [0.25, 0.3) is 0 Å². The fraction of sp³-hybridized carbons (Fsp3) is 0.905. The molecule has 0 aliphatic carbocycles. The SMILES string of the molecule is CCCCCCCCC(CCCCCC)CNC(CC=O)C(=O)[O-].CO.[Na+]. The standard InChI is InChI=1S/C20H39NO3.CH4O.Na/c1-3-5-7-9-10-12-14-18(13-11-8-6-4-2)17-21-19(15-16-22)20(23)24;1-2;/h16,18-19,21H,3-15,17H2,1-2H3,(H,23,24);2H,1H3;/q;;+1/p-1. The predicted molar refractivity (Wildman–Crippen MR) is 106 cm³/mol. The van der Waals surface area contributed by atoms with Gasteiger partial charge in [0, 0.05) is 13.5 Å². The predicted octanol–water partition coefficient (Wildman–Crippen LogP) is 0.233. The minimum atomic E-state index is -1.17. The monoisotopic (exact) mass is 395 g/mol. The zero-order valence-corrected chi connectivity index (χ0v) is 20.3. The Morgan fingerprint density at radius 2 is 1.37 bits per heavy atom. The van der Waals surface area contributed by atoms with Gasteiger partial charge < -0.3 is 25.1 Å². The van der Waals surface area contributed by atoms with Gasteiger partial charge >= 0.3 is 29.6 Å². The van der Waals surface area contributed by atoms with E-state index in [-0.39, 0.29) is 36.0 Å². The number of carboxylic acids is 1. The molecule has 0 rings (SSSR count). The van der Waals surface area contributed by atoms with Gasteiger partial charge in [0.1, 0.15) is 6.29 Å². The Balaban J connectivity index is -0.00000185. The number of aliphatic carboxylic acids is 1. The van der Waals surface area contributed by atoms with E-state index >= 15 is 0 Å². The van der Waals surface area contributed by atoms with Crippen LogP contribution in [0.3, 0.4) is 0 Å². The van der Waals surface area contributed by atoms with Gasteiger partial charge in [-0.3, -0.25) is 0 Å². The van der Waals surface area contributed by atoms with Crippen LogP contribution in [-0.2, 0) is 9.59 Å². The van der Waals surface area contributed by atoms with Crippen LogP contribution in [0.4, 0.5) is 0 Å². The summed E-state index contributed by atoms with van der Waals surface area (Å²) in [4.78, 5) is 21.6. The largest absolute Gasteiger partial charge is 1.00 e. The second-order valence-electron chi connectivity index (χ2n) is 6.95. The van der Waals surface area contributed by atoms with Gasteiger partial charge in [-0.25, -0.2) is 0 Å². The summed E-state index contributed by atoms with van der Waals surface area (Å²) in [5.74, 6) is -0.673. The fourth-order valence-corrected chi connectivity index (χ4v) is 3.09. The molecular weight excluding hydrogens is 353 g/mol. The number of carbonyl (C=O) groups is 2. The number of carboxylic acid groups (broad SMARTS) is 1. The average molecular weight is 396 g/mol. The Bertz CT molecular complexity index is 317. The Kier molecular flexibility index (Phi) is 30.6. The average Bonchev–Trinajstić information content (AvgIpc) is 2.65. The van der Waals surface area contributed by atoms with E-state index in [2.05, 4.69) is 19.2 Å². The van der Waals surface area contributed by atoms with Crippen molar-refractivity contribution in [2.24, 2.45) is 5.92 Å². The second kappa shape index (κ2) is 26.1. The Morgan fingerprint density at radius 3 is 1.81 bits per heavy atom. The number of aliphatic hydroxyl groups is 1. The first kappa shape index (κ1) is 31.7. The number of unbranched alkanes of at least 4 members (excludes halogenated alkanes) is 8. The molecule has 0 bridgehead atoms. The first-order valence-corrected chi connectivity index (χ1v) is 10.5. The molecule has 6 heteroatoms. The molecule has 2 N–H and O–H groups in total. The first-order valence-electron chi connectivity index (χ1n) is 10.5. The summed E-state index contributed by atoms with van der Waals surface area (Å²) >= 11 is 0. The summed E-state index contributed by atoms with van der Waals surface area (Å²) in [6.07, 6.45) is 15.6. The zero-order chi connectivity index (χ0) is 20.0. The smallest absolute Gasteiger partial charge is 0.548 e. The molecule has 0 aliphatic heterocycles. The summed E-state index contributed by atoms with van der Waals surface area (Å²) in [6, 6.07) is -0.842. The van der Waals surface area contributed by atoms with Crippen molar-refractivity contribution in [1.29, 1.82) is 0 Å². The van der Waals surface area contributed by atoms with Crippen LogP contribution in [0.25, 0.3) is 0 Å². The number of hydrogen-bond donors (Lipinski definition) is 2. The van der Waals surface area contributed by atoms with E-state index in [1.807, 2.05) is 0 Å². The Morgan fingerprint density at radius 1 is 0.926 bits per heavy atom. The van der Waals surface area contributed by atoms with Crippen LogP contribution in [0.5, 0.6) is 0 Å². The molecule has 5 nitrogen and oxygen atoms in total. The summed E-state index contributed by atoms with van der Waals surface area (Å²) < 4.78 is 0. The zero-order valence-electron chi connectivity index (χ0n) is 18.3. The van der Waals surface area contributed by atoms with E-state index in [0.717, 1.165) is 20.0 Å². The molecule has 0 amide bonds. The fourth-order valence-electron chi connectivity index (χ4n) is 3.09. The van der Waals surface area contributed by atoms with Gasteiger partial charge in [-0.1, -0.05) is 78.1 Å². The molecule has 0 radical (unpaired) electrons. The van der Waals surface area contributed by atoms with Crippen molar-refractivity contribution in [2.75, 3.05) is 13.7 Å². The van der Waals surface area contributed by atoms with Crippen molar-refractivity contribution >= 4 is 12.3 Å². The van der Waals surface area contributed by atoms with E-state index in [4.69, 9.17) is 5.11 Å². The molecule has 0 aromatic carbocycles. The number of hydrogen-bond acceptors (Lipinski definition) is 5. The van der Waals surface area contributed by atoms with Gasteiger partial charge in [-0.05, 0) is 25.3 Å². The van der Waals surface area contributed by atoms with Crippen molar-refractivity contribution in [3.63, 3.8) is 0 Å². The Labute approximate surface area is 189 Å². The van der Waals surface area contributed by atoms with Crippen LogP contribution in [0.15, 0.2) is 0 Å². The molecule has 156 valence electrons. The maximum atomic E-state index is 11.0. The van der Waals surface area contributed by atoms with Crippen molar-refractivity contribution in [3.05, 3.63) is 0 Å². The van der Waals surface area contributed by atoms with E-state index in [0.29, 0.717) is 18.7 Å². The molecule has 2 atom stereocenters. The molecule has 0 aliphatic rings. The number of nitrogens with one attached hydrogen (secondary N) is 1. The molecule has 2 unspecified atom stereocenters. The molecule has 0 heterocycles. The summed E-state index contributed by atoms with van der Waals surface area (Å²) in [6.45, 7) is 5.11. The molecule has 0 saturated heterocycles. The molecule has 0 saturated carbocycles. The third-order valence-electron chi connectivity index (χ3n) is 4.70. The van der Waals surface area contributed by atoms with Gasteiger partial charge in [-0.2, -0.15) is 0 Å². The first-order chi connectivity index (χ1) is 12.7. The molecule has 0 spiro atoms. The number of rotatable bonds is 18. The van der Waals surface area contributed by atoms with Crippen LogP contribution < -0.4 is 40.0 Å². The number of aliphatic hydroxyl groups excluding tert-OH is 1. The van der Waals surface area contributed by atoms with Crippen molar-refractivity contribution in [2.45, 2.75) is 103 Å². The maximum Gasteiger partial charge on any atom is 1.00 e. The second-order valence-corrected chi connectivity index (χ2v) is 6.95. The van der Waals surface area contributed by atoms with Gasteiger partial charge in [0.2, 0.25) is 0 Å². The van der Waals surface area contributed by atoms with Crippen LogP contribution in [-0.4, -0.2) is 37.1 Å². The quantitative estimate of drug-likeness (QED) is 0.197. The molecule has 0 aromatic rings. The van der Waals surface area contributed by atoms with E-state index in [1.54, 1.807) is 0 Å². The normalized spacial score (nSPS) is 12.3. The number of carbonyl (C=O) groups excluding carboxylic acids is 2.